The van der Waals surface area contributed by atoms with Crippen LogP contribution in [0.15, 0.2) is 18.5 Å². The van der Waals surface area contributed by atoms with Crippen LogP contribution in [-0.2, 0) is 6.54 Å². The molecule has 0 spiro atoms. The lowest BCUT2D eigenvalue weighted by Crippen LogP contribution is -2.04. The minimum atomic E-state index is 0. The normalized spacial score (nSPS) is 8.15. The van der Waals surface area contributed by atoms with Crippen molar-refractivity contribution in [3.05, 3.63) is 24.0 Å². The fourth-order valence-electron chi connectivity index (χ4n) is 0.951. The molecule has 13 heavy (non-hydrogen) atoms. The van der Waals surface area contributed by atoms with E-state index in [2.05, 4.69) is 10.3 Å². The maximum absolute atomic E-state index is 5.51. The van der Waals surface area contributed by atoms with E-state index < -0.39 is 0 Å². The van der Waals surface area contributed by atoms with Gasteiger partial charge < -0.3 is 11.1 Å². The van der Waals surface area contributed by atoms with Gasteiger partial charge in [-0.05, 0) is 18.6 Å². The van der Waals surface area contributed by atoms with Crippen LogP contribution < -0.4 is 11.1 Å². The largest absolute Gasteiger partial charge is 0.384 e. The van der Waals surface area contributed by atoms with Crippen LogP contribution in [-0.4, -0.2) is 11.5 Å². The zero-order chi connectivity index (χ0) is 8.10. The fraction of sp³-hybridized carbons (Fsp3) is 0.375. The van der Waals surface area contributed by atoms with Crippen LogP contribution in [0, 0.1) is 0 Å². The molecule has 1 aromatic heterocycles. The van der Waals surface area contributed by atoms with Gasteiger partial charge in [-0.1, -0.05) is 0 Å². The number of rotatable bonds is 3. The average molecular weight is 224 g/mol. The SMILES string of the molecule is CCNc1cnccc1CN.Cl.Cl. The quantitative estimate of drug-likeness (QED) is 0.823. The van der Waals surface area contributed by atoms with Crippen molar-refractivity contribution in [1.82, 2.24) is 4.98 Å². The van der Waals surface area contributed by atoms with Gasteiger partial charge in [0.15, 0.2) is 0 Å². The predicted octanol–water partition coefficient (Wildman–Crippen LogP) is 1.82. The molecule has 3 nitrogen and oxygen atoms in total. The number of nitrogens with one attached hydrogen (secondary N) is 1. The van der Waals surface area contributed by atoms with E-state index in [0.717, 1.165) is 17.8 Å². The van der Waals surface area contributed by atoms with Gasteiger partial charge >= 0.3 is 0 Å². The summed E-state index contributed by atoms with van der Waals surface area (Å²) in [5, 5.41) is 3.18. The Bertz CT molecular complexity index is 230. The van der Waals surface area contributed by atoms with Crippen LogP contribution >= 0.6 is 24.8 Å². The molecule has 0 unspecified atom stereocenters. The van der Waals surface area contributed by atoms with Crippen molar-refractivity contribution in [2.45, 2.75) is 13.5 Å². The first-order valence-electron chi connectivity index (χ1n) is 3.75. The Hall–Kier alpha value is -0.510. The summed E-state index contributed by atoms with van der Waals surface area (Å²) in [7, 11) is 0. The summed E-state index contributed by atoms with van der Waals surface area (Å²) in [4.78, 5) is 3.99. The van der Waals surface area contributed by atoms with Crippen molar-refractivity contribution in [3.63, 3.8) is 0 Å². The minimum Gasteiger partial charge on any atom is -0.384 e. The van der Waals surface area contributed by atoms with Gasteiger partial charge in [-0.25, -0.2) is 0 Å². The number of halogens is 2. The van der Waals surface area contributed by atoms with Crippen molar-refractivity contribution in [2.24, 2.45) is 5.73 Å². The van der Waals surface area contributed by atoms with E-state index in [9.17, 15) is 0 Å². The molecule has 0 aromatic carbocycles. The zero-order valence-electron chi connectivity index (χ0n) is 7.49. The third kappa shape index (κ3) is 4.31. The van der Waals surface area contributed by atoms with Crippen molar-refractivity contribution in [1.29, 1.82) is 0 Å². The molecular weight excluding hydrogens is 209 g/mol. The summed E-state index contributed by atoms with van der Waals surface area (Å²) >= 11 is 0. The maximum atomic E-state index is 5.51. The van der Waals surface area contributed by atoms with E-state index in [4.69, 9.17) is 5.73 Å². The highest BCUT2D eigenvalue weighted by molar-refractivity contribution is 5.85. The number of hydrogen-bond donors (Lipinski definition) is 2. The van der Waals surface area contributed by atoms with Gasteiger partial charge in [0, 0.05) is 19.3 Å². The topological polar surface area (TPSA) is 50.9 Å². The molecule has 0 aliphatic heterocycles. The Kier molecular flexibility index (Phi) is 9.34. The van der Waals surface area contributed by atoms with Crippen LogP contribution in [0.1, 0.15) is 12.5 Å². The van der Waals surface area contributed by atoms with Crippen LogP contribution in [0.25, 0.3) is 0 Å². The van der Waals surface area contributed by atoms with Gasteiger partial charge in [0.1, 0.15) is 0 Å². The van der Waals surface area contributed by atoms with Crippen molar-refractivity contribution in [2.75, 3.05) is 11.9 Å². The molecule has 1 aromatic rings. The molecule has 3 N–H and O–H groups in total. The van der Waals surface area contributed by atoms with Gasteiger partial charge in [0.25, 0.3) is 0 Å². The number of nitrogens with two attached hydrogens (primary N) is 1. The molecule has 1 heterocycles. The second kappa shape index (κ2) is 8.10. The predicted molar refractivity (Wildman–Crippen MR) is 60.8 cm³/mol. The number of hydrogen-bond acceptors (Lipinski definition) is 3. The van der Waals surface area contributed by atoms with Gasteiger partial charge in [-0.2, -0.15) is 0 Å². The lowest BCUT2D eigenvalue weighted by Gasteiger charge is -2.06. The zero-order valence-corrected chi connectivity index (χ0v) is 9.12. The van der Waals surface area contributed by atoms with Crippen molar-refractivity contribution < 1.29 is 0 Å². The standard InChI is InChI=1S/C8H13N3.2ClH/c1-2-11-8-6-10-4-3-7(8)5-9;;/h3-4,6,11H,2,5,9H2,1H3;2*1H. The highest BCUT2D eigenvalue weighted by atomic mass is 35.5. The van der Waals surface area contributed by atoms with Gasteiger partial charge in [-0.15, -0.1) is 24.8 Å². The molecule has 0 atom stereocenters. The Morgan fingerprint density at radius 3 is 2.69 bits per heavy atom. The van der Waals surface area contributed by atoms with Gasteiger partial charge in [0.05, 0.1) is 11.9 Å². The molecule has 76 valence electrons. The summed E-state index contributed by atoms with van der Waals surface area (Å²) in [6.07, 6.45) is 3.55. The van der Waals surface area contributed by atoms with Crippen LogP contribution in [0.4, 0.5) is 5.69 Å². The highest BCUT2D eigenvalue weighted by Crippen LogP contribution is 2.11. The first-order chi connectivity index (χ1) is 5.38. The second-order valence-electron chi connectivity index (χ2n) is 2.27. The highest BCUT2D eigenvalue weighted by Gasteiger charge is 1.96. The van der Waals surface area contributed by atoms with Gasteiger partial charge in [0.2, 0.25) is 0 Å². The Balaban J connectivity index is 0. The molecule has 0 aliphatic carbocycles. The smallest absolute Gasteiger partial charge is 0.0572 e. The van der Waals surface area contributed by atoms with Crippen LogP contribution in [0.2, 0.25) is 0 Å². The Labute approximate surface area is 90.9 Å². The molecule has 0 saturated heterocycles. The van der Waals surface area contributed by atoms with Crippen LogP contribution in [0.3, 0.4) is 0 Å². The third-order valence-electron chi connectivity index (χ3n) is 1.50. The first kappa shape index (κ1) is 15.0. The molecule has 0 amide bonds. The summed E-state index contributed by atoms with van der Waals surface area (Å²) < 4.78 is 0. The molecule has 1 rings (SSSR count). The van der Waals surface area contributed by atoms with E-state index in [1.807, 2.05) is 13.0 Å². The molecule has 0 aliphatic rings. The number of pyridine rings is 1. The van der Waals surface area contributed by atoms with Crippen molar-refractivity contribution >= 4 is 30.5 Å². The number of anilines is 1. The average Bonchev–Trinajstić information content (AvgIpc) is 2.06. The monoisotopic (exact) mass is 223 g/mol. The number of aromatic nitrogens is 1. The van der Waals surface area contributed by atoms with Crippen molar-refractivity contribution in [3.8, 4) is 0 Å². The molecule has 0 radical (unpaired) electrons. The lowest BCUT2D eigenvalue weighted by molar-refractivity contribution is 1.05. The third-order valence-corrected chi connectivity index (χ3v) is 1.50. The molecule has 5 heteroatoms. The molecular formula is C8H15Cl2N3. The second-order valence-corrected chi connectivity index (χ2v) is 2.27. The maximum Gasteiger partial charge on any atom is 0.0572 e. The number of nitrogens with zero attached hydrogens (tertiary/aromatic N) is 1. The van der Waals surface area contributed by atoms with Gasteiger partial charge in [-0.3, -0.25) is 4.98 Å². The lowest BCUT2D eigenvalue weighted by atomic mass is 10.2. The molecule has 0 saturated carbocycles. The molecule has 0 bridgehead atoms. The van der Waals surface area contributed by atoms with E-state index in [1.165, 1.54) is 0 Å². The molecule has 0 fully saturated rings. The Morgan fingerprint density at radius 2 is 2.15 bits per heavy atom. The first-order valence-corrected chi connectivity index (χ1v) is 3.75. The summed E-state index contributed by atoms with van der Waals surface area (Å²) in [6, 6.07) is 1.93. The minimum absolute atomic E-state index is 0. The van der Waals surface area contributed by atoms with E-state index in [-0.39, 0.29) is 24.8 Å². The van der Waals surface area contributed by atoms with E-state index in [0.29, 0.717) is 6.54 Å². The summed E-state index contributed by atoms with van der Waals surface area (Å²) in [5.41, 5.74) is 7.67. The fourth-order valence-corrected chi connectivity index (χ4v) is 0.951. The van der Waals surface area contributed by atoms with E-state index >= 15 is 0 Å². The van der Waals surface area contributed by atoms with Crippen LogP contribution in [0.5, 0.6) is 0 Å². The summed E-state index contributed by atoms with van der Waals surface area (Å²) in [6.45, 7) is 3.51. The Morgan fingerprint density at radius 1 is 1.46 bits per heavy atom. The summed E-state index contributed by atoms with van der Waals surface area (Å²) in [5.74, 6) is 0. The van der Waals surface area contributed by atoms with E-state index in [1.54, 1.807) is 12.4 Å².